The maximum atomic E-state index is 13.1. The van der Waals surface area contributed by atoms with Crippen LogP contribution in [0.2, 0.25) is 5.02 Å². The number of hydrogen-bond acceptors (Lipinski definition) is 4. The van der Waals surface area contributed by atoms with E-state index < -0.39 is 5.25 Å². The molecule has 3 rings (SSSR count). The first-order valence-corrected chi connectivity index (χ1v) is 9.50. The second-order valence-corrected chi connectivity index (χ2v) is 7.75. The smallest absolute Gasteiger partial charge is 0.237 e. The third-order valence-corrected chi connectivity index (χ3v) is 5.66. The SMILES string of the molecule is Cc1c(Cl)cccc1NC(=O)[C@H](C)Sc1nnc(-c2ccc(F)cc2)n1C. The molecule has 1 atom stereocenters. The Morgan fingerprint density at radius 1 is 1.22 bits per heavy atom. The van der Waals surface area contributed by atoms with Crippen LogP contribution in [0.4, 0.5) is 10.1 Å². The van der Waals surface area contributed by atoms with Gasteiger partial charge in [-0.1, -0.05) is 29.4 Å². The number of halogens is 2. The number of nitrogens with zero attached hydrogens (tertiary/aromatic N) is 3. The Labute approximate surface area is 166 Å². The Balaban J connectivity index is 1.72. The van der Waals surface area contributed by atoms with Crippen LogP contribution >= 0.6 is 23.4 Å². The van der Waals surface area contributed by atoms with E-state index in [-0.39, 0.29) is 11.7 Å². The molecule has 0 aliphatic heterocycles. The predicted molar refractivity (Wildman–Crippen MR) is 107 cm³/mol. The van der Waals surface area contributed by atoms with Crippen molar-refractivity contribution in [2.45, 2.75) is 24.3 Å². The van der Waals surface area contributed by atoms with Gasteiger partial charge in [0.15, 0.2) is 11.0 Å². The van der Waals surface area contributed by atoms with Gasteiger partial charge in [0.25, 0.3) is 0 Å². The molecule has 3 aromatic rings. The van der Waals surface area contributed by atoms with Crippen LogP contribution in [0.5, 0.6) is 0 Å². The maximum absolute atomic E-state index is 13.1. The Hall–Kier alpha value is -2.38. The molecular formula is C19H18ClFN4OS. The minimum Gasteiger partial charge on any atom is -0.325 e. The van der Waals surface area contributed by atoms with E-state index >= 15 is 0 Å². The van der Waals surface area contributed by atoms with Crippen LogP contribution in [0.25, 0.3) is 11.4 Å². The fourth-order valence-corrected chi connectivity index (χ4v) is 3.45. The van der Waals surface area contributed by atoms with Gasteiger partial charge in [-0.15, -0.1) is 10.2 Å². The average molecular weight is 405 g/mol. The molecule has 0 saturated carbocycles. The highest BCUT2D eigenvalue weighted by Gasteiger charge is 2.20. The quantitative estimate of drug-likeness (QED) is 0.626. The lowest BCUT2D eigenvalue weighted by Crippen LogP contribution is -2.23. The van der Waals surface area contributed by atoms with E-state index in [2.05, 4.69) is 15.5 Å². The van der Waals surface area contributed by atoms with Crippen molar-refractivity contribution in [1.82, 2.24) is 14.8 Å². The lowest BCUT2D eigenvalue weighted by atomic mass is 10.2. The summed E-state index contributed by atoms with van der Waals surface area (Å²) in [6, 6.07) is 11.4. The lowest BCUT2D eigenvalue weighted by molar-refractivity contribution is -0.115. The molecule has 0 aliphatic rings. The normalized spacial score (nSPS) is 12.0. The summed E-state index contributed by atoms with van der Waals surface area (Å²) in [7, 11) is 1.81. The van der Waals surface area contributed by atoms with E-state index in [1.807, 2.05) is 20.0 Å². The summed E-state index contributed by atoms with van der Waals surface area (Å²) in [4.78, 5) is 12.5. The van der Waals surface area contributed by atoms with Gasteiger partial charge in [0.05, 0.1) is 5.25 Å². The Kier molecular flexibility index (Phi) is 5.82. The number of nitrogens with one attached hydrogen (secondary N) is 1. The molecule has 2 aromatic carbocycles. The number of amides is 1. The largest absolute Gasteiger partial charge is 0.325 e. The predicted octanol–water partition coefficient (Wildman–Crippen LogP) is 4.70. The van der Waals surface area contributed by atoms with Crippen LogP contribution in [0.1, 0.15) is 12.5 Å². The van der Waals surface area contributed by atoms with Crippen molar-refractivity contribution >= 4 is 35.0 Å². The summed E-state index contributed by atoms with van der Waals surface area (Å²) in [6.07, 6.45) is 0. The van der Waals surface area contributed by atoms with Crippen molar-refractivity contribution in [3.63, 3.8) is 0 Å². The van der Waals surface area contributed by atoms with Gasteiger partial charge < -0.3 is 9.88 Å². The minimum absolute atomic E-state index is 0.156. The summed E-state index contributed by atoms with van der Waals surface area (Å²) >= 11 is 7.39. The molecule has 8 heteroatoms. The Morgan fingerprint density at radius 3 is 2.63 bits per heavy atom. The van der Waals surface area contributed by atoms with Gasteiger partial charge in [-0.05, 0) is 55.8 Å². The van der Waals surface area contributed by atoms with E-state index in [0.29, 0.717) is 21.7 Å². The number of carbonyl (C=O) groups is 1. The lowest BCUT2D eigenvalue weighted by Gasteiger charge is -2.13. The number of anilines is 1. The van der Waals surface area contributed by atoms with Gasteiger partial charge in [0.1, 0.15) is 5.82 Å². The zero-order chi connectivity index (χ0) is 19.6. The highest BCUT2D eigenvalue weighted by molar-refractivity contribution is 8.00. The van der Waals surface area contributed by atoms with Crippen molar-refractivity contribution in [2.24, 2.45) is 7.05 Å². The highest BCUT2D eigenvalue weighted by atomic mass is 35.5. The number of thioether (sulfide) groups is 1. The number of carbonyl (C=O) groups excluding carboxylic acids is 1. The molecular weight excluding hydrogens is 387 g/mol. The van der Waals surface area contributed by atoms with Gasteiger partial charge >= 0.3 is 0 Å². The van der Waals surface area contributed by atoms with Gasteiger partial charge in [0.2, 0.25) is 5.91 Å². The van der Waals surface area contributed by atoms with Crippen LogP contribution in [0.3, 0.4) is 0 Å². The number of aromatic nitrogens is 3. The molecule has 27 heavy (non-hydrogen) atoms. The first kappa shape index (κ1) is 19.4. The van der Waals surface area contributed by atoms with Gasteiger partial charge in [-0.2, -0.15) is 0 Å². The Bertz CT molecular complexity index is 974. The van der Waals surface area contributed by atoms with Crippen LogP contribution in [-0.2, 0) is 11.8 Å². The van der Waals surface area contributed by atoms with Crippen LogP contribution in [0, 0.1) is 12.7 Å². The van der Waals surface area contributed by atoms with Crippen molar-refractivity contribution in [3.05, 3.63) is 58.9 Å². The van der Waals surface area contributed by atoms with E-state index in [4.69, 9.17) is 11.6 Å². The summed E-state index contributed by atoms with van der Waals surface area (Å²) in [5.74, 6) is 0.143. The first-order chi connectivity index (χ1) is 12.9. The molecule has 0 saturated heterocycles. The maximum Gasteiger partial charge on any atom is 0.237 e. The molecule has 1 N–H and O–H groups in total. The molecule has 0 bridgehead atoms. The summed E-state index contributed by atoms with van der Waals surface area (Å²) in [5.41, 5.74) is 2.26. The van der Waals surface area contributed by atoms with Crippen molar-refractivity contribution in [1.29, 1.82) is 0 Å². The second kappa shape index (κ2) is 8.10. The fourth-order valence-electron chi connectivity index (χ4n) is 2.46. The van der Waals surface area contributed by atoms with E-state index in [0.717, 1.165) is 11.1 Å². The van der Waals surface area contributed by atoms with Crippen LogP contribution < -0.4 is 5.32 Å². The first-order valence-electron chi connectivity index (χ1n) is 8.24. The zero-order valence-electron chi connectivity index (χ0n) is 15.0. The van der Waals surface area contributed by atoms with Gasteiger partial charge in [0, 0.05) is 23.3 Å². The summed E-state index contributed by atoms with van der Waals surface area (Å²) in [5, 5.41) is 12.0. The van der Waals surface area contributed by atoms with E-state index in [9.17, 15) is 9.18 Å². The molecule has 5 nitrogen and oxygen atoms in total. The van der Waals surface area contributed by atoms with Crippen molar-refractivity contribution < 1.29 is 9.18 Å². The standard InChI is InChI=1S/C19H18ClFN4OS/c1-11-15(20)5-4-6-16(11)22-18(26)12(2)27-19-24-23-17(25(19)3)13-7-9-14(21)10-8-13/h4-10,12H,1-3H3,(H,22,26)/t12-/m0/s1. The molecule has 0 unspecified atom stereocenters. The highest BCUT2D eigenvalue weighted by Crippen LogP contribution is 2.28. The number of hydrogen-bond donors (Lipinski definition) is 1. The molecule has 1 aromatic heterocycles. The molecule has 0 spiro atoms. The minimum atomic E-state index is -0.396. The Morgan fingerprint density at radius 2 is 1.93 bits per heavy atom. The summed E-state index contributed by atoms with van der Waals surface area (Å²) < 4.78 is 14.9. The number of rotatable bonds is 5. The second-order valence-electron chi connectivity index (χ2n) is 6.03. The third-order valence-electron chi connectivity index (χ3n) is 4.11. The van der Waals surface area contributed by atoms with Crippen molar-refractivity contribution in [3.8, 4) is 11.4 Å². The van der Waals surface area contributed by atoms with E-state index in [1.165, 1.54) is 23.9 Å². The molecule has 1 amide bonds. The monoisotopic (exact) mass is 404 g/mol. The van der Waals surface area contributed by atoms with Crippen LogP contribution in [0.15, 0.2) is 47.6 Å². The molecule has 140 valence electrons. The fraction of sp³-hybridized carbons (Fsp3) is 0.211. The van der Waals surface area contributed by atoms with Crippen molar-refractivity contribution in [2.75, 3.05) is 5.32 Å². The van der Waals surface area contributed by atoms with Gasteiger partial charge in [-0.3, -0.25) is 4.79 Å². The van der Waals surface area contributed by atoms with E-state index in [1.54, 1.807) is 35.8 Å². The molecule has 0 aliphatic carbocycles. The molecule has 0 fully saturated rings. The molecule has 1 heterocycles. The third kappa shape index (κ3) is 4.31. The molecule has 0 radical (unpaired) electrons. The summed E-state index contributed by atoms with van der Waals surface area (Å²) in [6.45, 7) is 3.65. The van der Waals surface area contributed by atoms with Gasteiger partial charge in [-0.25, -0.2) is 4.39 Å². The van der Waals surface area contributed by atoms with Crippen LogP contribution in [-0.4, -0.2) is 25.9 Å². The number of benzene rings is 2. The zero-order valence-corrected chi connectivity index (χ0v) is 16.6. The average Bonchev–Trinajstić information content (AvgIpc) is 3.00. The topological polar surface area (TPSA) is 59.8 Å².